The molecule has 2 amide bonds. The zero-order valence-electron chi connectivity index (χ0n) is 9.08. The van der Waals surface area contributed by atoms with Gasteiger partial charge in [-0.3, -0.25) is 14.4 Å². The Morgan fingerprint density at radius 3 is 2.53 bits per heavy atom. The molecule has 1 N–H and O–H groups in total. The summed E-state index contributed by atoms with van der Waals surface area (Å²) in [5.41, 5.74) is 0. The van der Waals surface area contributed by atoms with Gasteiger partial charge >= 0.3 is 0 Å². The van der Waals surface area contributed by atoms with Gasteiger partial charge in [0.15, 0.2) is 0 Å². The number of carbonyl (C=O) groups is 3. The molecule has 0 aromatic heterocycles. The smallest absolute Gasteiger partial charge is 0.243 e. The van der Waals surface area contributed by atoms with Crippen molar-refractivity contribution in [1.29, 1.82) is 0 Å². The van der Waals surface area contributed by atoms with Crippen molar-refractivity contribution in [3.05, 3.63) is 0 Å². The maximum atomic E-state index is 11.6. The highest BCUT2D eigenvalue weighted by Gasteiger charge is 2.31. The van der Waals surface area contributed by atoms with Crippen molar-refractivity contribution < 1.29 is 14.4 Å². The molecular formula is C10H16N2O3. The van der Waals surface area contributed by atoms with Gasteiger partial charge in [-0.15, -0.1) is 0 Å². The summed E-state index contributed by atoms with van der Waals surface area (Å²) in [6, 6.07) is -0.387. The zero-order chi connectivity index (χ0) is 11.4. The minimum atomic E-state index is -0.387. The zero-order valence-corrected chi connectivity index (χ0v) is 9.08. The Kier molecular flexibility index (Phi) is 3.82. The molecular weight excluding hydrogens is 196 g/mol. The number of ketones is 1. The fourth-order valence-corrected chi connectivity index (χ4v) is 1.75. The molecule has 0 saturated carbocycles. The predicted molar refractivity (Wildman–Crippen MR) is 54.1 cm³/mol. The molecule has 0 aliphatic carbocycles. The lowest BCUT2D eigenvalue weighted by atomic mass is 10.2. The van der Waals surface area contributed by atoms with Gasteiger partial charge in [0, 0.05) is 13.5 Å². The first-order chi connectivity index (χ1) is 7.02. The Labute approximate surface area is 88.8 Å². The number of nitrogens with one attached hydrogen (secondary N) is 1. The van der Waals surface area contributed by atoms with E-state index in [4.69, 9.17) is 0 Å². The topological polar surface area (TPSA) is 66.5 Å². The van der Waals surface area contributed by atoms with Gasteiger partial charge in [0.25, 0.3) is 0 Å². The number of nitrogens with zero attached hydrogens (tertiary/aromatic N) is 1. The lowest BCUT2D eigenvalue weighted by molar-refractivity contribution is -0.137. The van der Waals surface area contributed by atoms with Crippen LogP contribution in [0.5, 0.6) is 0 Å². The molecule has 0 bridgehead atoms. The van der Waals surface area contributed by atoms with Crippen LogP contribution in [-0.2, 0) is 14.4 Å². The van der Waals surface area contributed by atoms with Crippen molar-refractivity contribution in [3.8, 4) is 0 Å². The Hall–Kier alpha value is -1.39. The Morgan fingerprint density at radius 2 is 2.00 bits per heavy atom. The number of likely N-dealkylation sites (tertiary alicyclic amines) is 1. The maximum absolute atomic E-state index is 11.6. The number of amides is 2. The third kappa shape index (κ3) is 3.04. The molecule has 1 fully saturated rings. The van der Waals surface area contributed by atoms with E-state index in [1.54, 1.807) is 4.90 Å². The summed E-state index contributed by atoms with van der Waals surface area (Å²) in [4.78, 5) is 35.0. The van der Waals surface area contributed by atoms with Gasteiger partial charge in [-0.25, -0.2) is 0 Å². The van der Waals surface area contributed by atoms with Crippen LogP contribution < -0.4 is 5.32 Å². The maximum Gasteiger partial charge on any atom is 0.243 e. The van der Waals surface area contributed by atoms with Crippen LogP contribution in [0.4, 0.5) is 0 Å². The van der Waals surface area contributed by atoms with Crippen LogP contribution in [0.2, 0.25) is 0 Å². The molecule has 1 aliphatic heterocycles. The molecule has 0 aromatic rings. The first kappa shape index (κ1) is 11.7. The molecule has 0 aromatic carbocycles. The normalized spacial score (nSPS) is 20.1. The summed E-state index contributed by atoms with van der Waals surface area (Å²) in [5, 5.41) is 2.53. The molecule has 84 valence electrons. The van der Waals surface area contributed by atoms with E-state index in [0.29, 0.717) is 13.0 Å². The highest BCUT2D eigenvalue weighted by Crippen LogP contribution is 2.17. The second kappa shape index (κ2) is 4.91. The van der Waals surface area contributed by atoms with E-state index in [2.05, 4.69) is 5.32 Å². The lowest BCUT2D eigenvalue weighted by Crippen LogP contribution is -2.46. The largest absolute Gasteiger partial charge is 0.347 e. The average Bonchev–Trinajstić information content (AvgIpc) is 2.62. The predicted octanol–water partition coefficient (Wildman–Crippen LogP) is -0.298. The Bertz CT molecular complexity index is 288. The first-order valence-corrected chi connectivity index (χ1v) is 5.06. The summed E-state index contributed by atoms with van der Waals surface area (Å²) in [5.74, 6) is -0.399. The van der Waals surface area contributed by atoms with E-state index in [1.165, 1.54) is 13.8 Å². The van der Waals surface area contributed by atoms with E-state index in [9.17, 15) is 14.4 Å². The number of rotatable bonds is 3. The molecule has 0 radical (unpaired) electrons. The van der Waals surface area contributed by atoms with Gasteiger partial charge in [0.2, 0.25) is 11.8 Å². The lowest BCUT2D eigenvalue weighted by Gasteiger charge is -2.22. The number of Topliss-reactive ketones (excluding diaryl/α,β-unsaturated/α-hetero) is 1. The van der Waals surface area contributed by atoms with Crippen molar-refractivity contribution >= 4 is 17.6 Å². The van der Waals surface area contributed by atoms with Gasteiger partial charge in [-0.05, 0) is 19.8 Å². The SMILES string of the molecule is CC(=O)CNC(=O)C1CCCN1C(C)=O. The van der Waals surface area contributed by atoms with E-state index in [0.717, 1.165) is 6.42 Å². The number of carbonyl (C=O) groups excluding carboxylic acids is 3. The summed E-state index contributed by atoms with van der Waals surface area (Å²) >= 11 is 0. The van der Waals surface area contributed by atoms with Crippen LogP contribution in [0.1, 0.15) is 26.7 Å². The Morgan fingerprint density at radius 1 is 1.33 bits per heavy atom. The highest BCUT2D eigenvalue weighted by atomic mass is 16.2. The van der Waals surface area contributed by atoms with Gasteiger partial charge in [-0.2, -0.15) is 0 Å². The summed E-state index contributed by atoms with van der Waals surface area (Å²) < 4.78 is 0. The minimum absolute atomic E-state index is 0.0427. The van der Waals surface area contributed by atoms with Crippen LogP contribution in [0.15, 0.2) is 0 Å². The van der Waals surface area contributed by atoms with E-state index >= 15 is 0 Å². The molecule has 1 atom stereocenters. The second-order valence-corrected chi connectivity index (χ2v) is 3.79. The van der Waals surface area contributed by atoms with Crippen molar-refractivity contribution in [2.45, 2.75) is 32.7 Å². The molecule has 5 heteroatoms. The van der Waals surface area contributed by atoms with Crippen molar-refractivity contribution in [3.63, 3.8) is 0 Å². The molecule has 5 nitrogen and oxygen atoms in total. The van der Waals surface area contributed by atoms with Crippen molar-refractivity contribution in [2.75, 3.05) is 13.1 Å². The molecule has 1 heterocycles. The summed E-state index contributed by atoms with van der Waals surface area (Å²) in [7, 11) is 0. The molecule has 0 spiro atoms. The molecule has 15 heavy (non-hydrogen) atoms. The molecule has 1 aliphatic rings. The highest BCUT2D eigenvalue weighted by molar-refractivity contribution is 5.90. The van der Waals surface area contributed by atoms with Gasteiger partial charge in [0.05, 0.1) is 6.54 Å². The van der Waals surface area contributed by atoms with E-state index < -0.39 is 0 Å². The van der Waals surface area contributed by atoms with E-state index in [-0.39, 0.29) is 30.2 Å². The number of hydrogen-bond donors (Lipinski definition) is 1. The first-order valence-electron chi connectivity index (χ1n) is 5.06. The second-order valence-electron chi connectivity index (χ2n) is 3.79. The van der Waals surface area contributed by atoms with Gasteiger partial charge in [-0.1, -0.05) is 0 Å². The van der Waals surface area contributed by atoms with Gasteiger partial charge < -0.3 is 10.2 Å². The van der Waals surface area contributed by atoms with Crippen molar-refractivity contribution in [2.24, 2.45) is 0 Å². The Balaban J connectivity index is 2.51. The fourth-order valence-electron chi connectivity index (χ4n) is 1.75. The van der Waals surface area contributed by atoms with Crippen LogP contribution in [-0.4, -0.2) is 41.6 Å². The third-order valence-corrected chi connectivity index (χ3v) is 2.47. The average molecular weight is 212 g/mol. The number of hydrogen-bond acceptors (Lipinski definition) is 3. The van der Waals surface area contributed by atoms with Crippen LogP contribution in [0.25, 0.3) is 0 Å². The quantitative estimate of drug-likeness (QED) is 0.698. The van der Waals surface area contributed by atoms with Crippen LogP contribution in [0.3, 0.4) is 0 Å². The fraction of sp³-hybridized carbons (Fsp3) is 0.700. The van der Waals surface area contributed by atoms with Crippen molar-refractivity contribution in [1.82, 2.24) is 10.2 Å². The minimum Gasteiger partial charge on any atom is -0.347 e. The molecule has 1 saturated heterocycles. The summed E-state index contributed by atoms with van der Waals surface area (Å²) in [6.45, 7) is 3.54. The third-order valence-electron chi connectivity index (χ3n) is 2.47. The van der Waals surface area contributed by atoms with Crippen LogP contribution in [0, 0.1) is 0 Å². The van der Waals surface area contributed by atoms with Gasteiger partial charge in [0.1, 0.15) is 11.8 Å². The monoisotopic (exact) mass is 212 g/mol. The van der Waals surface area contributed by atoms with Crippen LogP contribution >= 0.6 is 0 Å². The van der Waals surface area contributed by atoms with E-state index in [1.807, 2.05) is 0 Å². The molecule has 1 unspecified atom stereocenters. The molecule has 1 rings (SSSR count). The summed E-state index contributed by atoms with van der Waals surface area (Å²) in [6.07, 6.45) is 1.53. The standard InChI is InChI=1S/C10H16N2O3/c1-7(13)6-11-10(15)9-4-3-5-12(9)8(2)14/h9H,3-6H2,1-2H3,(H,11,15).